The quantitative estimate of drug-likeness (QED) is 0.250. The van der Waals surface area contributed by atoms with Gasteiger partial charge in [0, 0.05) is 23.4 Å². The summed E-state index contributed by atoms with van der Waals surface area (Å²) >= 11 is 13.9. The summed E-state index contributed by atoms with van der Waals surface area (Å²) in [7, 11) is 0. The first-order valence-corrected chi connectivity index (χ1v) is 11.3. The molecule has 2 aromatic carbocycles. The van der Waals surface area contributed by atoms with Crippen LogP contribution in [0.15, 0.2) is 18.2 Å². The minimum Gasteiger partial charge on any atom is -0.507 e. The summed E-state index contributed by atoms with van der Waals surface area (Å²) in [5.74, 6) is 0.352. The van der Waals surface area contributed by atoms with E-state index in [0.717, 1.165) is 12.7 Å². The van der Waals surface area contributed by atoms with Crippen LogP contribution in [0.2, 0.25) is 0 Å². The summed E-state index contributed by atoms with van der Waals surface area (Å²) in [5, 5.41) is 10.1. The lowest BCUT2D eigenvalue weighted by Crippen LogP contribution is -1.96. The molecule has 0 unspecified atom stereocenters. The van der Waals surface area contributed by atoms with Gasteiger partial charge in [-0.2, -0.15) is 0 Å². The van der Waals surface area contributed by atoms with Crippen LogP contribution in [0.3, 0.4) is 0 Å². The summed E-state index contributed by atoms with van der Waals surface area (Å²) in [5.41, 5.74) is 2.28. The average Bonchev–Trinajstić information content (AvgIpc) is 2.39. The third kappa shape index (κ3) is 3.76. The molecule has 0 aliphatic carbocycles. The molecular weight excluding hydrogens is 922 g/mol. The second-order valence-corrected chi connectivity index (χ2v) is 10.2. The van der Waals surface area contributed by atoms with Gasteiger partial charge in [0.05, 0.1) is 3.57 Å². The molecular formula is C12H4I6O. The Kier molecular flexibility index (Phi) is 7.05. The Bertz CT molecular complexity index is 668. The number of phenols is 1. The Morgan fingerprint density at radius 1 is 0.632 bits per heavy atom. The van der Waals surface area contributed by atoms with Gasteiger partial charge in [0.2, 0.25) is 0 Å². The maximum atomic E-state index is 10.1. The van der Waals surface area contributed by atoms with E-state index in [0.29, 0.717) is 5.75 Å². The summed E-state index contributed by atoms with van der Waals surface area (Å²) in [4.78, 5) is 0. The predicted molar refractivity (Wildman–Crippen MR) is 130 cm³/mol. The lowest BCUT2D eigenvalue weighted by atomic mass is 10.1. The van der Waals surface area contributed by atoms with Crippen molar-refractivity contribution < 1.29 is 5.11 Å². The summed E-state index contributed by atoms with van der Waals surface area (Å²) in [6.07, 6.45) is 0. The van der Waals surface area contributed by atoms with E-state index in [2.05, 4.69) is 148 Å². The maximum absolute atomic E-state index is 10.1. The normalized spacial score (nSPS) is 10.8. The molecule has 0 aliphatic heterocycles. The third-order valence-electron chi connectivity index (χ3n) is 2.45. The Labute approximate surface area is 193 Å². The Morgan fingerprint density at radius 3 is 1.84 bits per heavy atom. The first-order chi connectivity index (χ1) is 8.84. The highest BCUT2D eigenvalue weighted by Gasteiger charge is 2.17. The molecule has 0 fully saturated rings. The van der Waals surface area contributed by atoms with Crippen LogP contribution in [0, 0.1) is 21.4 Å². The minimum absolute atomic E-state index is 0.352. The van der Waals surface area contributed by atoms with Crippen LogP contribution >= 0.6 is 136 Å². The highest BCUT2D eigenvalue weighted by molar-refractivity contribution is 14.1. The van der Waals surface area contributed by atoms with Crippen molar-refractivity contribution in [2.75, 3.05) is 0 Å². The van der Waals surface area contributed by atoms with Gasteiger partial charge >= 0.3 is 0 Å². The van der Waals surface area contributed by atoms with Gasteiger partial charge < -0.3 is 5.11 Å². The van der Waals surface area contributed by atoms with E-state index in [4.69, 9.17) is 0 Å². The number of hydrogen-bond acceptors (Lipinski definition) is 1. The van der Waals surface area contributed by atoms with E-state index in [9.17, 15) is 5.11 Å². The molecule has 0 atom stereocenters. The van der Waals surface area contributed by atoms with Crippen molar-refractivity contribution in [3.8, 4) is 16.9 Å². The monoisotopic (exact) mass is 925 g/mol. The Hall–Kier alpha value is 2.62. The molecule has 0 amide bonds. The van der Waals surface area contributed by atoms with Crippen molar-refractivity contribution in [1.29, 1.82) is 0 Å². The van der Waals surface area contributed by atoms with Gasteiger partial charge in [-0.25, -0.2) is 0 Å². The molecule has 0 heterocycles. The van der Waals surface area contributed by atoms with E-state index < -0.39 is 0 Å². The summed E-state index contributed by atoms with van der Waals surface area (Å²) in [6.45, 7) is 0. The highest BCUT2D eigenvalue weighted by atomic mass is 127. The lowest BCUT2D eigenvalue weighted by molar-refractivity contribution is 0.471. The molecule has 100 valence electrons. The molecule has 0 saturated heterocycles. The topological polar surface area (TPSA) is 20.2 Å². The Morgan fingerprint density at radius 2 is 1.21 bits per heavy atom. The number of aromatic hydroxyl groups is 1. The standard InChI is InChI=1S/C12H4I6O/c13-6-2-1-4(8(14)10(6)16)5-3-7(19)11(17)12(18)9(5)15/h1-3,19H. The van der Waals surface area contributed by atoms with Gasteiger partial charge in [0.25, 0.3) is 0 Å². The van der Waals surface area contributed by atoms with Crippen molar-refractivity contribution in [2.45, 2.75) is 0 Å². The fourth-order valence-corrected chi connectivity index (χ4v) is 5.94. The maximum Gasteiger partial charge on any atom is 0.130 e. The molecule has 0 aromatic heterocycles. The van der Waals surface area contributed by atoms with Crippen molar-refractivity contribution in [1.82, 2.24) is 0 Å². The molecule has 7 heteroatoms. The van der Waals surface area contributed by atoms with Crippen LogP contribution < -0.4 is 0 Å². The molecule has 2 aromatic rings. The molecule has 0 saturated carbocycles. The molecule has 1 N–H and O–H groups in total. The molecule has 1 nitrogen and oxygen atoms in total. The second-order valence-electron chi connectivity index (χ2n) is 3.61. The van der Waals surface area contributed by atoms with E-state index in [1.165, 1.54) is 19.8 Å². The van der Waals surface area contributed by atoms with Crippen LogP contribution in [0.1, 0.15) is 0 Å². The Balaban J connectivity index is 2.77. The van der Waals surface area contributed by atoms with Crippen LogP contribution in [-0.4, -0.2) is 5.11 Å². The number of hydrogen-bond donors (Lipinski definition) is 1. The fourth-order valence-electron chi connectivity index (χ4n) is 1.52. The molecule has 0 aliphatic rings. The second kappa shape index (κ2) is 7.46. The largest absolute Gasteiger partial charge is 0.507 e. The van der Waals surface area contributed by atoms with Gasteiger partial charge in [0.15, 0.2) is 0 Å². The molecule has 0 spiro atoms. The van der Waals surface area contributed by atoms with Gasteiger partial charge in [-0.15, -0.1) is 0 Å². The highest BCUT2D eigenvalue weighted by Crippen LogP contribution is 2.39. The molecule has 0 radical (unpaired) electrons. The third-order valence-corrected chi connectivity index (χ3v) is 13.0. The molecule has 19 heavy (non-hydrogen) atoms. The van der Waals surface area contributed by atoms with E-state index >= 15 is 0 Å². The lowest BCUT2D eigenvalue weighted by Gasteiger charge is -2.13. The number of halogens is 6. The number of rotatable bonds is 1. The van der Waals surface area contributed by atoms with Crippen LogP contribution in [0.5, 0.6) is 5.75 Å². The van der Waals surface area contributed by atoms with Crippen molar-refractivity contribution in [2.24, 2.45) is 0 Å². The fraction of sp³-hybridized carbons (Fsp3) is 0. The van der Waals surface area contributed by atoms with Crippen LogP contribution in [-0.2, 0) is 0 Å². The number of benzene rings is 2. The first-order valence-electron chi connectivity index (χ1n) is 4.85. The van der Waals surface area contributed by atoms with Crippen molar-refractivity contribution >= 4 is 136 Å². The molecule has 2 rings (SSSR count). The van der Waals surface area contributed by atoms with E-state index in [1.807, 2.05) is 6.07 Å². The van der Waals surface area contributed by atoms with Crippen LogP contribution in [0.4, 0.5) is 0 Å². The number of phenolic OH excluding ortho intramolecular Hbond substituents is 1. The van der Waals surface area contributed by atoms with Crippen molar-refractivity contribution in [3.63, 3.8) is 0 Å². The zero-order valence-corrected chi connectivity index (χ0v) is 21.9. The zero-order chi connectivity index (χ0) is 14.3. The smallest absolute Gasteiger partial charge is 0.130 e. The van der Waals surface area contributed by atoms with Crippen molar-refractivity contribution in [3.05, 3.63) is 39.6 Å². The average molecular weight is 926 g/mol. The van der Waals surface area contributed by atoms with Gasteiger partial charge in [0.1, 0.15) is 5.75 Å². The van der Waals surface area contributed by atoms with E-state index in [-0.39, 0.29) is 0 Å². The zero-order valence-electron chi connectivity index (χ0n) is 8.95. The van der Waals surface area contributed by atoms with Gasteiger partial charge in [-0.1, -0.05) is 6.07 Å². The summed E-state index contributed by atoms with van der Waals surface area (Å²) in [6, 6.07) is 6.12. The minimum atomic E-state index is 0.352. The molecule has 0 bridgehead atoms. The summed E-state index contributed by atoms with van der Waals surface area (Å²) < 4.78 is 6.97. The van der Waals surface area contributed by atoms with Gasteiger partial charge in [-0.05, 0) is 153 Å². The van der Waals surface area contributed by atoms with E-state index in [1.54, 1.807) is 0 Å². The van der Waals surface area contributed by atoms with Crippen LogP contribution in [0.25, 0.3) is 11.1 Å². The first kappa shape index (κ1) is 18.0. The van der Waals surface area contributed by atoms with Gasteiger partial charge in [-0.3, -0.25) is 0 Å². The SMILES string of the molecule is Oc1cc(-c2ccc(I)c(I)c2I)c(I)c(I)c1I. The predicted octanol–water partition coefficient (Wildman–Crippen LogP) is 6.69.